The van der Waals surface area contributed by atoms with Gasteiger partial charge in [0.1, 0.15) is 12.6 Å². The van der Waals surface area contributed by atoms with Crippen molar-refractivity contribution in [2.45, 2.75) is 24.8 Å². The molecule has 0 saturated carbocycles. The number of azide groups is 1. The Balaban J connectivity index is 2.04. The lowest BCUT2D eigenvalue weighted by atomic mass is 10.1. The molecule has 1 aliphatic heterocycles. The van der Waals surface area contributed by atoms with E-state index in [2.05, 4.69) is 40.9 Å². The monoisotopic (exact) mass is 354 g/mol. The van der Waals surface area contributed by atoms with Gasteiger partial charge < -0.3 is 15.6 Å². The van der Waals surface area contributed by atoms with Gasteiger partial charge in [0.25, 0.3) is 0 Å². The fraction of sp³-hybridized carbons (Fsp3) is 0.500. The number of aromatic nitrogens is 4. The van der Waals surface area contributed by atoms with Crippen molar-refractivity contribution in [1.29, 1.82) is 0 Å². The van der Waals surface area contributed by atoms with Crippen LogP contribution in [-0.2, 0) is 4.74 Å². The summed E-state index contributed by atoms with van der Waals surface area (Å²) in [5, 5.41) is 13.0. The maximum atomic E-state index is 9.31. The van der Waals surface area contributed by atoms with E-state index in [1.165, 1.54) is 6.33 Å². The van der Waals surface area contributed by atoms with Crippen LogP contribution in [0.2, 0.25) is 0 Å². The third kappa shape index (κ3) is 2.29. The Bertz CT molecular complexity index is 727. The van der Waals surface area contributed by atoms with Gasteiger partial charge in [0.15, 0.2) is 21.7 Å². The summed E-state index contributed by atoms with van der Waals surface area (Å²) in [6.07, 6.45) is 0.718. The van der Waals surface area contributed by atoms with Crippen LogP contribution >= 0.6 is 15.9 Å². The van der Waals surface area contributed by atoms with Crippen LogP contribution in [0.15, 0.2) is 16.2 Å². The van der Waals surface area contributed by atoms with Crippen LogP contribution in [0.1, 0.15) is 12.6 Å². The molecule has 1 aliphatic rings. The second kappa shape index (κ2) is 5.45. The predicted molar refractivity (Wildman–Crippen MR) is 76.0 cm³/mol. The van der Waals surface area contributed by atoms with E-state index in [9.17, 15) is 5.11 Å². The van der Waals surface area contributed by atoms with Crippen LogP contribution in [0.4, 0.5) is 5.82 Å². The summed E-state index contributed by atoms with van der Waals surface area (Å²) in [4.78, 5) is 15.1. The van der Waals surface area contributed by atoms with Crippen LogP contribution in [0.5, 0.6) is 0 Å². The normalized spacial score (nSPS) is 25.1. The molecule has 0 aromatic carbocycles. The van der Waals surface area contributed by atoms with Gasteiger partial charge in [-0.2, -0.15) is 0 Å². The quantitative estimate of drug-likeness (QED) is 0.365. The van der Waals surface area contributed by atoms with Crippen molar-refractivity contribution in [1.82, 2.24) is 19.5 Å². The Morgan fingerprint density at radius 3 is 3.14 bits per heavy atom. The molecule has 3 rings (SSSR count). The standard InChI is InChI=1S/C10H11BrN8O2/c11-10-16-7-8(12)14-3-15-9(7)19(10)6-1-4(17-18-13)5(2-20)21-6/h3-6,20H,1-2H2,(H2,12,14,15). The minimum atomic E-state index is -0.561. The summed E-state index contributed by atoms with van der Waals surface area (Å²) < 4.78 is 7.90. The minimum Gasteiger partial charge on any atom is -0.394 e. The molecule has 0 bridgehead atoms. The average molecular weight is 355 g/mol. The number of ether oxygens (including phenoxy) is 1. The summed E-state index contributed by atoms with van der Waals surface area (Å²) in [6, 6.07) is -0.450. The molecule has 1 saturated heterocycles. The number of hydrogen-bond acceptors (Lipinski definition) is 7. The summed E-state index contributed by atoms with van der Waals surface area (Å²) in [5.74, 6) is 0.266. The topological polar surface area (TPSA) is 148 Å². The molecule has 110 valence electrons. The van der Waals surface area contributed by atoms with Crippen LogP contribution in [-0.4, -0.2) is 43.4 Å². The van der Waals surface area contributed by atoms with E-state index < -0.39 is 18.4 Å². The van der Waals surface area contributed by atoms with E-state index in [1.54, 1.807) is 4.57 Å². The number of aliphatic hydroxyl groups excluding tert-OH is 1. The third-order valence-corrected chi connectivity index (χ3v) is 3.89. The highest BCUT2D eigenvalue weighted by molar-refractivity contribution is 9.10. The molecule has 3 atom stereocenters. The Kier molecular flexibility index (Phi) is 3.64. The molecule has 2 aromatic rings. The number of aliphatic hydroxyl groups is 1. The first-order valence-corrected chi connectivity index (χ1v) is 6.89. The number of anilines is 1. The highest BCUT2D eigenvalue weighted by atomic mass is 79.9. The molecule has 0 amide bonds. The number of nitrogen functional groups attached to an aromatic ring is 1. The van der Waals surface area contributed by atoms with Crippen LogP contribution in [0, 0.1) is 0 Å². The average Bonchev–Trinajstić information content (AvgIpc) is 3.00. The molecule has 3 N–H and O–H groups in total. The van der Waals surface area contributed by atoms with Crippen molar-refractivity contribution >= 4 is 32.9 Å². The second-order valence-corrected chi connectivity index (χ2v) is 5.21. The smallest absolute Gasteiger partial charge is 0.181 e. The molecule has 3 heterocycles. The maximum Gasteiger partial charge on any atom is 0.181 e. The van der Waals surface area contributed by atoms with Crippen molar-refractivity contribution in [2.75, 3.05) is 12.3 Å². The second-order valence-electron chi connectivity index (χ2n) is 4.50. The fourth-order valence-corrected chi connectivity index (χ4v) is 2.95. The van der Waals surface area contributed by atoms with Gasteiger partial charge >= 0.3 is 0 Å². The van der Waals surface area contributed by atoms with Gasteiger partial charge in [-0.25, -0.2) is 15.0 Å². The summed E-state index contributed by atoms with van der Waals surface area (Å²) in [7, 11) is 0. The first-order chi connectivity index (χ1) is 10.2. The third-order valence-electron chi connectivity index (χ3n) is 3.33. The van der Waals surface area contributed by atoms with Crippen molar-refractivity contribution in [3.63, 3.8) is 0 Å². The molecule has 1 fully saturated rings. The zero-order chi connectivity index (χ0) is 15.0. The van der Waals surface area contributed by atoms with Crippen molar-refractivity contribution < 1.29 is 9.84 Å². The molecular weight excluding hydrogens is 344 g/mol. The molecule has 3 unspecified atom stereocenters. The van der Waals surface area contributed by atoms with E-state index >= 15 is 0 Å². The lowest BCUT2D eigenvalue weighted by Gasteiger charge is -2.14. The van der Waals surface area contributed by atoms with Crippen LogP contribution < -0.4 is 5.73 Å². The highest BCUT2D eigenvalue weighted by Crippen LogP contribution is 2.35. The first kappa shape index (κ1) is 14.0. The van der Waals surface area contributed by atoms with E-state index in [-0.39, 0.29) is 12.4 Å². The number of nitrogens with zero attached hydrogens (tertiary/aromatic N) is 7. The Labute approximate surface area is 126 Å². The van der Waals surface area contributed by atoms with Crippen LogP contribution in [0.25, 0.3) is 21.6 Å². The number of halogens is 1. The first-order valence-electron chi connectivity index (χ1n) is 6.10. The largest absolute Gasteiger partial charge is 0.394 e. The molecular formula is C10H11BrN8O2. The number of rotatable bonds is 3. The molecule has 0 aliphatic carbocycles. The van der Waals surface area contributed by atoms with E-state index in [0.717, 1.165) is 0 Å². The Hall–Kier alpha value is -1.94. The molecule has 10 nitrogen and oxygen atoms in total. The highest BCUT2D eigenvalue weighted by Gasteiger charge is 2.37. The zero-order valence-electron chi connectivity index (χ0n) is 10.7. The molecule has 21 heavy (non-hydrogen) atoms. The Morgan fingerprint density at radius 1 is 1.62 bits per heavy atom. The van der Waals surface area contributed by atoms with Crippen LogP contribution in [0.3, 0.4) is 0 Å². The van der Waals surface area contributed by atoms with Gasteiger partial charge in [-0.1, -0.05) is 5.11 Å². The molecule has 0 radical (unpaired) electrons. The van der Waals surface area contributed by atoms with Crippen molar-refractivity contribution in [3.8, 4) is 0 Å². The zero-order valence-corrected chi connectivity index (χ0v) is 12.3. The summed E-state index contributed by atoms with van der Waals surface area (Å²) in [6.45, 7) is -0.235. The number of fused-ring (bicyclic) bond motifs is 1. The number of hydrogen-bond donors (Lipinski definition) is 2. The molecule has 2 aromatic heterocycles. The van der Waals surface area contributed by atoms with Gasteiger partial charge in [-0.05, 0) is 21.5 Å². The SMILES string of the molecule is [N-]=[N+]=NC1CC(n2c(Br)nc3c(N)ncnc32)OC1CO. The lowest BCUT2D eigenvalue weighted by Crippen LogP contribution is -2.23. The van der Waals surface area contributed by atoms with E-state index in [4.69, 9.17) is 16.0 Å². The minimum absolute atomic E-state index is 0.235. The van der Waals surface area contributed by atoms with Gasteiger partial charge in [0.05, 0.1) is 18.8 Å². The summed E-state index contributed by atoms with van der Waals surface area (Å²) in [5.41, 5.74) is 15.3. The summed E-state index contributed by atoms with van der Waals surface area (Å²) >= 11 is 3.34. The molecule has 0 spiro atoms. The number of nitrogens with two attached hydrogens (primary N) is 1. The fourth-order valence-electron chi connectivity index (χ4n) is 2.38. The lowest BCUT2D eigenvalue weighted by molar-refractivity contribution is -0.0242. The van der Waals surface area contributed by atoms with E-state index in [0.29, 0.717) is 22.3 Å². The van der Waals surface area contributed by atoms with Crippen molar-refractivity contribution in [3.05, 3.63) is 21.5 Å². The van der Waals surface area contributed by atoms with Gasteiger partial charge in [0, 0.05) is 11.3 Å². The van der Waals surface area contributed by atoms with Gasteiger partial charge in [-0.15, -0.1) is 0 Å². The maximum absolute atomic E-state index is 9.31. The Morgan fingerprint density at radius 2 is 2.43 bits per heavy atom. The van der Waals surface area contributed by atoms with Gasteiger partial charge in [-0.3, -0.25) is 4.57 Å². The van der Waals surface area contributed by atoms with E-state index in [1.807, 2.05) is 0 Å². The van der Waals surface area contributed by atoms with Gasteiger partial charge in [0.2, 0.25) is 0 Å². The number of imidazole rings is 1. The van der Waals surface area contributed by atoms with Crippen molar-refractivity contribution in [2.24, 2.45) is 5.11 Å². The molecule has 11 heteroatoms. The predicted octanol–water partition coefficient (Wildman–Crippen LogP) is 1.13.